The minimum atomic E-state index is -0.109. The summed E-state index contributed by atoms with van der Waals surface area (Å²) in [4.78, 5) is 21.9. The molecule has 2 aromatic rings. The van der Waals surface area contributed by atoms with Gasteiger partial charge in [0.1, 0.15) is 23.3 Å². The van der Waals surface area contributed by atoms with Crippen LogP contribution in [0.1, 0.15) is 41.9 Å². The zero-order chi connectivity index (χ0) is 17.3. The van der Waals surface area contributed by atoms with E-state index in [0.717, 1.165) is 5.82 Å². The minimum Gasteiger partial charge on any atom is -0.383 e. The Balaban J connectivity index is 1.86. The van der Waals surface area contributed by atoms with Crippen LogP contribution in [0.2, 0.25) is 0 Å². The second-order valence-electron chi connectivity index (χ2n) is 6.69. The van der Waals surface area contributed by atoms with Crippen LogP contribution in [-0.2, 0) is 11.3 Å². The number of carbonyl (C=O) groups excluding carboxylic acids is 1. The lowest BCUT2D eigenvalue weighted by Crippen LogP contribution is -2.58. The third kappa shape index (κ3) is 2.69. The molecule has 0 saturated carbocycles. The molecule has 1 fully saturated rings. The first-order valence-electron chi connectivity index (χ1n) is 7.88. The molecule has 1 unspecified atom stereocenters. The van der Waals surface area contributed by atoms with Gasteiger partial charge in [0.25, 0.3) is 5.91 Å². The first-order valence-corrected chi connectivity index (χ1v) is 7.88. The molecular weight excluding hydrogens is 306 g/mol. The van der Waals surface area contributed by atoms with Crippen molar-refractivity contribution in [3.8, 4) is 6.07 Å². The van der Waals surface area contributed by atoms with Gasteiger partial charge in [-0.1, -0.05) is 13.8 Å². The molecule has 0 spiro atoms. The summed E-state index contributed by atoms with van der Waals surface area (Å²) < 4.78 is 7.18. The number of ether oxygens (including phenoxy) is 1. The number of nitrogens with zero attached hydrogens (tertiary/aromatic N) is 4. The number of hydrogen-bond acceptors (Lipinski definition) is 4. The van der Waals surface area contributed by atoms with Crippen molar-refractivity contribution in [1.82, 2.24) is 19.4 Å². The second-order valence-corrected chi connectivity index (χ2v) is 6.69. The number of nitrogens with one attached hydrogen (secondary N) is 1. The maximum atomic E-state index is 12.8. The summed E-state index contributed by atoms with van der Waals surface area (Å²) in [6, 6.07) is 5.17. The van der Waals surface area contributed by atoms with Gasteiger partial charge in [0, 0.05) is 38.0 Å². The number of methoxy groups -OCH3 is 1. The van der Waals surface area contributed by atoms with Gasteiger partial charge in [-0.3, -0.25) is 4.79 Å². The molecular formula is C17H21N5O2. The highest BCUT2D eigenvalue weighted by Crippen LogP contribution is 2.48. The fourth-order valence-corrected chi connectivity index (χ4v) is 3.29. The molecule has 126 valence electrons. The van der Waals surface area contributed by atoms with E-state index in [2.05, 4.69) is 23.8 Å². The lowest BCUT2D eigenvalue weighted by Gasteiger charge is -2.53. The number of imidazole rings is 1. The summed E-state index contributed by atoms with van der Waals surface area (Å²) >= 11 is 0. The van der Waals surface area contributed by atoms with Crippen LogP contribution in [0.5, 0.6) is 0 Å². The number of rotatable bonds is 5. The van der Waals surface area contributed by atoms with Crippen molar-refractivity contribution in [1.29, 1.82) is 5.26 Å². The standard InChI is InChI=1S/C17H21N5O2/c1-17(2)11-22(16(23)13-5-4-12(10-18)20-13)14(17)15-19-6-7-21(15)8-9-24-3/h4-7,14,20H,8-9,11H2,1-3H3. The highest BCUT2D eigenvalue weighted by molar-refractivity contribution is 5.93. The van der Waals surface area contributed by atoms with Gasteiger partial charge in [-0.15, -0.1) is 0 Å². The van der Waals surface area contributed by atoms with Crippen molar-refractivity contribution >= 4 is 5.91 Å². The Morgan fingerprint density at radius 2 is 2.33 bits per heavy atom. The fourth-order valence-electron chi connectivity index (χ4n) is 3.29. The molecule has 1 atom stereocenters. The summed E-state index contributed by atoms with van der Waals surface area (Å²) in [6.45, 7) is 6.20. The van der Waals surface area contributed by atoms with Crippen molar-refractivity contribution < 1.29 is 9.53 Å². The zero-order valence-corrected chi connectivity index (χ0v) is 14.1. The molecule has 3 heterocycles. The first kappa shape index (κ1) is 16.3. The molecule has 0 aromatic carbocycles. The summed E-state index contributed by atoms with van der Waals surface area (Å²) in [5, 5.41) is 8.92. The smallest absolute Gasteiger partial charge is 0.270 e. The van der Waals surface area contributed by atoms with Crippen LogP contribution >= 0.6 is 0 Å². The van der Waals surface area contributed by atoms with E-state index in [1.165, 1.54) is 0 Å². The van der Waals surface area contributed by atoms with Crippen molar-refractivity contribution in [3.63, 3.8) is 0 Å². The Kier molecular flexibility index (Phi) is 4.16. The topological polar surface area (TPSA) is 86.9 Å². The summed E-state index contributed by atoms with van der Waals surface area (Å²) in [5.41, 5.74) is 0.759. The van der Waals surface area contributed by atoms with Gasteiger partial charge in [-0.25, -0.2) is 4.98 Å². The lowest BCUT2D eigenvalue weighted by atomic mass is 9.74. The summed E-state index contributed by atoms with van der Waals surface area (Å²) in [7, 11) is 1.66. The van der Waals surface area contributed by atoms with E-state index in [4.69, 9.17) is 10.00 Å². The highest BCUT2D eigenvalue weighted by Gasteiger charge is 2.51. The largest absolute Gasteiger partial charge is 0.383 e. The number of amides is 1. The van der Waals surface area contributed by atoms with Crippen molar-refractivity contribution in [3.05, 3.63) is 41.7 Å². The van der Waals surface area contributed by atoms with E-state index < -0.39 is 0 Å². The molecule has 7 heteroatoms. The number of aromatic nitrogens is 3. The normalized spacial score (nSPS) is 18.9. The van der Waals surface area contributed by atoms with Gasteiger partial charge in [-0.05, 0) is 12.1 Å². The SMILES string of the molecule is COCCn1ccnc1C1N(C(=O)c2ccc(C#N)[nH]2)CC1(C)C. The number of carbonyl (C=O) groups is 1. The molecule has 0 bridgehead atoms. The van der Waals surface area contributed by atoms with Gasteiger partial charge in [-0.2, -0.15) is 5.26 Å². The Labute approximate surface area is 140 Å². The maximum absolute atomic E-state index is 12.8. The van der Waals surface area contributed by atoms with Crippen LogP contribution in [0.3, 0.4) is 0 Å². The van der Waals surface area contributed by atoms with Crippen molar-refractivity contribution in [2.45, 2.75) is 26.4 Å². The van der Waals surface area contributed by atoms with E-state index in [1.54, 1.807) is 30.3 Å². The predicted octanol–water partition coefficient (Wildman–Crippen LogP) is 1.95. The minimum absolute atomic E-state index is 0.0590. The highest BCUT2D eigenvalue weighted by atomic mass is 16.5. The fraction of sp³-hybridized carbons (Fsp3) is 0.471. The van der Waals surface area contributed by atoms with Crippen LogP contribution in [-0.4, -0.2) is 45.6 Å². The molecule has 0 radical (unpaired) electrons. The van der Waals surface area contributed by atoms with E-state index in [9.17, 15) is 4.79 Å². The Morgan fingerprint density at radius 1 is 1.54 bits per heavy atom. The molecule has 1 aliphatic rings. The van der Waals surface area contributed by atoms with Crippen LogP contribution in [0.4, 0.5) is 0 Å². The first-order chi connectivity index (χ1) is 11.5. The number of hydrogen-bond donors (Lipinski definition) is 1. The summed E-state index contributed by atoms with van der Waals surface area (Å²) in [5.74, 6) is 0.755. The molecule has 1 N–H and O–H groups in total. The molecule has 3 rings (SSSR count). The zero-order valence-electron chi connectivity index (χ0n) is 14.1. The van der Waals surface area contributed by atoms with Crippen LogP contribution < -0.4 is 0 Å². The van der Waals surface area contributed by atoms with E-state index in [1.807, 2.05) is 16.8 Å². The third-order valence-corrected chi connectivity index (χ3v) is 4.46. The van der Waals surface area contributed by atoms with E-state index in [0.29, 0.717) is 31.1 Å². The number of likely N-dealkylation sites (tertiary alicyclic amines) is 1. The Morgan fingerprint density at radius 3 is 2.96 bits per heavy atom. The molecule has 24 heavy (non-hydrogen) atoms. The van der Waals surface area contributed by atoms with E-state index in [-0.39, 0.29) is 17.4 Å². The predicted molar refractivity (Wildman–Crippen MR) is 87.2 cm³/mol. The monoisotopic (exact) mass is 327 g/mol. The van der Waals surface area contributed by atoms with Gasteiger partial charge in [0.2, 0.25) is 0 Å². The second kappa shape index (κ2) is 6.13. The molecule has 7 nitrogen and oxygen atoms in total. The number of aromatic amines is 1. The van der Waals surface area contributed by atoms with Gasteiger partial charge >= 0.3 is 0 Å². The Hall–Kier alpha value is -2.59. The molecule has 2 aromatic heterocycles. The van der Waals surface area contributed by atoms with E-state index >= 15 is 0 Å². The van der Waals surface area contributed by atoms with Crippen LogP contribution in [0.15, 0.2) is 24.5 Å². The van der Waals surface area contributed by atoms with Crippen LogP contribution in [0, 0.1) is 16.7 Å². The average molecular weight is 327 g/mol. The molecule has 1 aliphatic heterocycles. The third-order valence-electron chi connectivity index (χ3n) is 4.46. The maximum Gasteiger partial charge on any atom is 0.270 e. The van der Waals surface area contributed by atoms with Crippen molar-refractivity contribution in [2.24, 2.45) is 5.41 Å². The summed E-state index contributed by atoms with van der Waals surface area (Å²) in [6.07, 6.45) is 3.66. The van der Waals surface area contributed by atoms with Crippen molar-refractivity contribution in [2.75, 3.05) is 20.3 Å². The van der Waals surface area contributed by atoms with Gasteiger partial charge < -0.3 is 19.2 Å². The lowest BCUT2D eigenvalue weighted by molar-refractivity contribution is -0.0385. The number of nitriles is 1. The van der Waals surface area contributed by atoms with Gasteiger partial charge in [0.05, 0.1) is 12.6 Å². The van der Waals surface area contributed by atoms with Crippen LogP contribution in [0.25, 0.3) is 0 Å². The molecule has 1 saturated heterocycles. The molecule has 0 aliphatic carbocycles. The van der Waals surface area contributed by atoms with Gasteiger partial charge in [0.15, 0.2) is 0 Å². The Bertz CT molecular complexity index is 783. The molecule has 1 amide bonds. The number of H-pyrrole nitrogens is 1. The quantitative estimate of drug-likeness (QED) is 0.909. The average Bonchev–Trinajstić information content (AvgIpc) is 3.19.